The van der Waals surface area contributed by atoms with E-state index in [2.05, 4.69) is 26.1 Å². The van der Waals surface area contributed by atoms with Crippen LogP contribution in [0.5, 0.6) is 0 Å². The van der Waals surface area contributed by atoms with Crippen molar-refractivity contribution in [1.29, 1.82) is 0 Å². The summed E-state index contributed by atoms with van der Waals surface area (Å²) in [7, 11) is -3.08. The van der Waals surface area contributed by atoms with Gasteiger partial charge >= 0.3 is 0 Å². The molecule has 0 unspecified atom stereocenters. The van der Waals surface area contributed by atoms with Gasteiger partial charge in [-0.05, 0) is 36.3 Å². The fourth-order valence-electron chi connectivity index (χ4n) is 2.55. The first-order chi connectivity index (χ1) is 10.4. The van der Waals surface area contributed by atoms with Crippen molar-refractivity contribution in [2.24, 2.45) is 0 Å². The molecule has 0 amide bonds. The van der Waals surface area contributed by atoms with Crippen molar-refractivity contribution >= 4 is 27.5 Å². The summed E-state index contributed by atoms with van der Waals surface area (Å²) in [5.74, 6) is 1.37. The summed E-state index contributed by atoms with van der Waals surface area (Å²) in [5.41, 5.74) is 1.97. The molecule has 0 saturated carbocycles. The largest absolute Gasteiger partial charge is 0.309 e. The third-order valence-corrected chi connectivity index (χ3v) is 6.76. The van der Waals surface area contributed by atoms with Gasteiger partial charge < -0.3 is 5.32 Å². The van der Waals surface area contributed by atoms with Crippen molar-refractivity contribution in [1.82, 2.24) is 5.32 Å². The minimum atomic E-state index is -3.08. The molecule has 1 aromatic carbocycles. The lowest BCUT2D eigenvalue weighted by Gasteiger charge is -2.19. The molecule has 2 rings (SSSR count). The molecule has 0 spiro atoms. The number of benzene rings is 1. The zero-order valence-electron chi connectivity index (χ0n) is 13.6. The normalized spacial score (nSPS) is 18.8. The number of nitrogens with one attached hydrogen (secondary N) is 1. The molecule has 1 N–H and O–H groups in total. The Morgan fingerprint density at radius 3 is 2.45 bits per heavy atom. The molecular weight excluding hydrogens is 316 g/mol. The summed E-state index contributed by atoms with van der Waals surface area (Å²) < 4.78 is 25.4. The van der Waals surface area contributed by atoms with E-state index >= 15 is 0 Å². The molecule has 124 valence electrons. The van der Waals surface area contributed by atoms with Crippen LogP contribution >= 0.6 is 11.8 Å². The van der Waals surface area contributed by atoms with Gasteiger partial charge in [-0.2, -0.15) is 11.8 Å². The standard InChI is InChI=1S/C16H26N2O2S2/c1-13(2)21-11-9-17-14(3)15-5-7-16(8-6-15)18-10-4-12-22(18,19)20/h5-8,13-14,17H,4,9-12H2,1-3H3/t14-/m0/s1. The summed E-state index contributed by atoms with van der Waals surface area (Å²) in [5, 5.41) is 4.17. The Morgan fingerprint density at radius 1 is 1.23 bits per heavy atom. The molecule has 0 bridgehead atoms. The maximum Gasteiger partial charge on any atom is 0.235 e. The first kappa shape index (κ1) is 17.6. The molecule has 1 atom stereocenters. The van der Waals surface area contributed by atoms with E-state index < -0.39 is 10.0 Å². The van der Waals surface area contributed by atoms with Crippen LogP contribution in [-0.2, 0) is 10.0 Å². The first-order valence-electron chi connectivity index (χ1n) is 7.85. The molecule has 1 saturated heterocycles. The number of hydrogen-bond acceptors (Lipinski definition) is 4. The maximum atomic E-state index is 11.9. The highest BCUT2D eigenvalue weighted by molar-refractivity contribution is 7.99. The van der Waals surface area contributed by atoms with Crippen LogP contribution in [0.2, 0.25) is 0 Å². The average Bonchev–Trinajstić information content (AvgIpc) is 2.83. The van der Waals surface area contributed by atoms with Gasteiger partial charge in [0.15, 0.2) is 0 Å². The van der Waals surface area contributed by atoms with Crippen molar-refractivity contribution < 1.29 is 8.42 Å². The molecular formula is C16H26N2O2S2. The predicted molar refractivity (Wildman–Crippen MR) is 96.2 cm³/mol. The summed E-state index contributed by atoms with van der Waals surface area (Å²) in [6, 6.07) is 8.16. The van der Waals surface area contributed by atoms with Crippen molar-refractivity contribution in [2.45, 2.75) is 38.5 Å². The fraction of sp³-hybridized carbons (Fsp3) is 0.625. The number of hydrogen-bond donors (Lipinski definition) is 1. The van der Waals surface area contributed by atoms with Crippen LogP contribution < -0.4 is 9.62 Å². The molecule has 0 aliphatic carbocycles. The van der Waals surface area contributed by atoms with Crippen molar-refractivity contribution in [3.05, 3.63) is 29.8 Å². The molecule has 1 fully saturated rings. The molecule has 1 heterocycles. The molecule has 0 aromatic heterocycles. The van der Waals surface area contributed by atoms with E-state index in [0.29, 0.717) is 11.8 Å². The molecule has 4 nitrogen and oxygen atoms in total. The number of rotatable bonds is 7. The van der Waals surface area contributed by atoms with Crippen molar-refractivity contribution in [3.8, 4) is 0 Å². The first-order valence-corrected chi connectivity index (χ1v) is 10.5. The van der Waals surface area contributed by atoms with Gasteiger partial charge in [0.2, 0.25) is 10.0 Å². The Morgan fingerprint density at radius 2 is 1.91 bits per heavy atom. The Labute approximate surface area is 138 Å². The second-order valence-corrected chi connectivity index (χ2v) is 9.63. The van der Waals surface area contributed by atoms with E-state index in [9.17, 15) is 8.42 Å². The summed E-state index contributed by atoms with van der Waals surface area (Å²) in [6.45, 7) is 8.13. The second kappa shape index (κ2) is 7.70. The number of thioether (sulfide) groups is 1. The molecule has 22 heavy (non-hydrogen) atoms. The van der Waals surface area contributed by atoms with Crippen molar-refractivity contribution in [2.75, 3.05) is 28.9 Å². The zero-order chi connectivity index (χ0) is 16.2. The fourth-order valence-corrected chi connectivity index (χ4v) is 4.82. The van der Waals surface area contributed by atoms with E-state index in [1.54, 1.807) is 0 Å². The Balaban J connectivity index is 1.91. The second-order valence-electron chi connectivity index (χ2n) is 5.93. The van der Waals surface area contributed by atoms with Gasteiger partial charge in [0.1, 0.15) is 0 Å². The van der Waals surface area contributed by atoms with Crippen molar-refractivity contribution in [3.63, 3.8) is 0 Å². The number of sulfonamides is 1. The van der Waals surface area contributed by atoms with Crippen LogP contribution in [0, 0.1) is 0 Å². The topological polar surface area (TPSA) is 49.4 Å². The summed E-state index contributed by atoms with van der Waals surface area (Å²) >= 11 is 1.95. The highest BCUT2D eigenvalue weighted by Crippen LogP contribution is 2.25. The average molecular weight is 343 g/mol. The van der Waals surface area contributed by atoms with Gasteiger partial charge in [0.05, 0.1) is 11.4 Å². The predicted octanol–water partition coefficient (Wildman–Crippen LogP) is 3.02. The summed E-state index contributed by atoms with van der Waals surface area (Å²) in [6.07, 6.45) is 0.718. The van der Waals surface area contributed by atoms with Gasteiger partial charge in [-0.1, -0.05) is 26.0 Å². The van der Waals surface area contributed by atoms with Gasteiger partial charge in [0, 0.05) is 24.9 Å². The van der Waals surface area contributed by atoms with Gasteiger partial charge in [-0.3, -0.25) is 4.31 Å². The number of nitrogens with zero attached hydrogens (tertiary/aromatic N) is 1. The number of anilines is 1. The van der Waals surface area contributed by atoms with E-state index in [4.69, 9.17) is 0 Å². The molecule has 1 aliphatic heterocycles. The lowest BCUT2D eigenvalue weighted by molar-refractivity contribution is 0.599. The maximum absolute atomic E-state index is 11.9. The van der Waals surface area contributed by atoms with Gasteiger partial charge in [0.25, 0.3) is 0 Å². The third-order valence-electron chi connectivity index (χ3n) is 3.78. The Hall–Kier alpha value is -0.720. The Bertz CT molecular complexity index is 570. The minimum Gasteiger partial charge on any atom is -0.309 e. The van der Waals surface area contributed by atoms with Gasteiger partial charge in [-0.25, -0.2) is 8.42 Å². The van der Waals surface area contributed by atoms with E-state index in [1.807, 2.05) is 36.0 Å². The third kappa shape index (κ3) is 4.64. The van der Waals surface area contributed by atoms with E-state index in [0.717, 1.165) is 24.4 Å². The lowest BCUT2D eigenvalue weighted by atomic mass is 10.1. The van der Waals surface area contributed by atoms with Crippen LogP contribution in [0.25, 0.3) is 0 Å². The molecule has 1 aliphatic rings. The van der Waals surface area contributed by atoms with E-state index in [-0.39, 0.29) is 11.8 Å². The minimum absolute atomic E-state index is 0.264. The molecule has 1 aromatic rings. The molecule has 0 radical (unpaired) electrons. The smallest absolute Gasteiger partial charge is 0.235 e. The lowest BCUT2D eigenvalue weighted by Crippen LogP contribution is -2.25. The van der Waals surface area contributed by atoms with Crippen LogP contribution in [0.3, 0.4) is 0 Å². The summed E-state index contributed by atoms with van der Waals surface area (Å²) in [4.78, 5) is 0. The van der Waals surface area contributed by atoms with Crippen LogP contribution in [-0.4, -0.2) is 38.3 Å². The molecule has 6 heteroatoms. The highest BCUT2D eigenvalue weighted by atomic mass is 32.2. The monoisotopic (exact) mass is 342 g/mol. The van der Waals surface area contributed by atoms with E-state index in [1.165, 1.54) is 9.87 Å². The van der Waals surface area contributed by atoms with Crippen LogP contribution in [0.4, 0.5) is 5.69 Å². The quantitative estimate of drug-likeness (QED) is 0.774. The van der Waals surface area contributed by atoms with Gasteiger partial charge in [-0.15, -0.1) is 0 Å². The SMILES string of the molecule is CC(C)SCCN[C@@H](C)c1ccc(N2CCCS2(=O)=O)cc1. The Kier molecular flexibility index (Phi) is 6.17. The van der Waals surface area contributed by atoms with Crippen LogP contribution in [0.15, 0.2) is 24.3 Å². The highest BCUT2D eigenvalue weighted by Gasteiger charge is 2.28. The van der Waals surface area contributed by atoms with Crippen LogP contribution in [0.1, 0.15) is 38.8 Å². The zero-order valence-corrected chi connectivity index (χ0v) is 15.2.